The molecule has 1 fully saturated rings. The number of benzene rings is 1. The zero-order chi connectivity index (χ0) is 16.3. The minimum absolute atomic E-state index is 0.0882. The normalized spacial score (nSPS) is 20.3. The third-order valence-corrected chi connectivity index (χ3v) is 4.39. The van der Waals surface area contributed by atoms with Crippen molar-refractivity contribution in [2.24, 2.45) is 5.41 Å². The largest absolute Gasteiger partial charge is 0.468 e. The van der Waals surface area contributed by atoms with E-state index in [1.165, 1.54) is 14.2 Å². The summed E-state index contributed by atoms with van der Waals surface area (Å²) in [5, 5.41) is 0. The molecule has 1 aromatic rings. The van der Waals surface area contributed by atoms with Crippen molar-refractivity contribution in [3.63, 3.8) is 0 Å². The summed E-state index contributed by atoms with van der Waals surface area (Å²) in [6.07, 6.45) is -0.316. The Kier molecular flexibility index (Phi) is 5.03. The van der Waals surface area contributed by atoms with Crippen molar-refractivity contribution in [3.05, 3.63) is 46.5 Å². The molecule has 2 rings (SSSR count). The Balaban J connectivity index is 2.40. The molecule has 22 heavy (non-hydrogen) atoms. The summed E-state index contributed by atoms with van der Waals surface area (Å²) in [7, 11) is 2.48. The van der Waals surface area contributed by atoms with Crippen LogP contribution in [0.15, 0.2) is 40.9 Å². The Bertz CT molecular complexity index is 563. The van der Waals surface area contributed by atoms with E-state index in [2.05, 4.69) is 22.5 Å². The molecule has 1 saturated heterocycles. The number of hydrogen-bond donors (Lipinski definition) is 0. The van der Waals surface area contributed by atoms with E-state index in [-0.39, 0.29) is 13.0 Å². The van der Waals surface area contributed by atoms with Gasteiger partial charge in [-0.25, -0.2) is 0 Å². The van der Waals surface area contributed by atoms with E-state index in [4.69, 9.17) is 14.2 Å². The molecule has 118 valence electrons. The molecule has 0 amide bonds. The maximum atomic E-state index is 12.3. The molecular formula is C16H17BrO5. The van der Waals surface area contributed by atoms with Gasteiger partial charge in [-0.1, -0.05) is 34.6 Å². The van der Waals surface area contributed by atoms with Crippen LogP contribution in [-0.4, -0.2) is 32.8 Å². The van der Waals surface area contributed by atoms with E-state index >= 15 is 0 Å². The van der Waals surface area contributed by atoms with Crippen LogP contribution in [0.1, 0.15) is 18.1 Å². The van der Waals surface area contributed by atoms with Crippen LogP contribution in [0.3, 0.4) is 0 Å². The Morgan fingerprint density at radius 2 is 1.77 bits per heavy atom. The number of rotatable bonds is 3. The van der Waals surface area contributed by atoms with E-state index < -0.39 is 23.5 Å². The molecule has 1 unspecified atom stereocenters. The SMILES string of the molecule is C=C1COC(c2ccc(Br)cc2)CC1(C(=O)OC)C(=O)OC. The van der Waals surface area contributed by atoms with Gasteiger partial charge < -0.3 is 14.2 Å². The van der Waals surface area contributed by atoms with Crippen molar-refractivity contribution >= 4 is 27.9 Å². The minimum atomic E-state index is -1.53. The quantitative estimate of drug-likeness (QED) is 0.466. The highest BCUT2D eigenvalue weighted by Crippen LogP contribution is 2.44. The number of carbonyl (C=O) groups is 2. The monoisotopic (exact) mass is 368 g/mol. The summed E-state index contributed by atoms with van der Waals surface area (Å²) >= 11 is 3.37. The summed E-state index contributed by atoms with van der Waals surface area (Å²) in [6, 6.07) is 7.50. The second-order valence-electron chi connectivity index (χ2n) is 5.05. The predicted molar refractivity (Wildman–Crippen MR) is 83.1 cm³/mol. The predicted octanol–water partition coefficient (Wildman–Crippen LogP) is 2.80. The van der Waals surface area contributed by atoms with E-state index in [0.717, 1.165) is 10.0 Å². The van der Waals surface area contributed by atoms with Gasteiger partial charge in [0.25, 0.3) is 0 Å². The number of esters is 2. The average molecular weight is 369 g/mol. The average Bonchev–Trinajstić information content (AvgIpc) is 2.54. The van der Waals surface area contributed by atoms with Crippen LogP contribution in [-0.2, 0) is 23.8 Å². The van der Waals surface area contributed by atoms with E-state index in [1.54, 1.807) is 0 Å². The summed E-state index contributed by atoms with van der Waals surface area (Å²) in [5.74, 6) is -1.34. The van der Waals surface area contributed by atoms with Crippen molar-refractivity contribution in [1.29, 1.82) is 0 Å². The second kappa shape index (κ2) is 6.62. The zero-order valence-corrected chi connectivity index (χ0v) is 14.0. The molecule has 0 aliphatic carbocycles. The van der Waals surface area contributed by atoms with Gasteiger partial charge in [-0.2, -0.15) is 0 Å². The molecule has 0 saturated carbocycles. The third kappa shape index (κ3) is 2.80. The van der Waals surface area contributed by atoms with Gasteiger partial charge in [0.05, 0.1) is 26.9 Å². The van der Waals surface area contributed by atoms with Crippen LogP contribution >= 0.6 is 15.9 Å². The number of carbonyl (C=O) groups excluding carboxylic acids is 2. The van der Waals surface area contributed by atoms with Crippen molar-refractivity contribution in [1.82, 2.24) is 0 Å². The standard InChI is InChI=1S/C16H17BrO5/c1-10-9-22-13(11-4-6-12(17)7-5-11)8-16(10,14(18)20-2)15(19)21-3/h4-7,13H,1,8-9H2,2-3H3. The van der Waals surface area contributed by atoms with E-state index in [1.807, 2.05) is 24.3 Å². The molecule has 0 radical (unpaired) electrons. The third-order valence-electron chi connectivity index (χ3n) is 3.86. The molecule has 0 aromatic heterocycles. The van der Waals surface area contributed by atoms with Crippen molar-refractivity contribution in [2.45, 2.75) is 12.5 Å². The highest BCUT2D eigenvalue weighted by atomic mass is 79.9. The molecule has 5 nitrogen and oxygen atoms in total. The molecule has 6 heteroatoms. The Morgan fingerprint density at radius 1 is 1.23 bits per heavy atom. The highest BCUT2D eigenvalue weighted by molar-refractivity contribution is 9.10. The van der Waals surface area contributed by atoms with Crippen LogP contribution in [0, 0.1) is 5.41 Å². The number of ether oxygens (including phenoxy) is 3. The van der Waals surface area contributed by atoms with Crippen LogP contribution in [0.2, 0.25) is 0 Å². The fourth-order valence-corrected chi connectivity index (χ4v) is 2.85. The van der Waals surface area contributed by atoms with E-state index in [0.29, 0.717) is 5.57 Å². The van der Waals surface area contributed by atoms with Gasteiger partial charge in [0.1, 0.15) is 0 Å². The molecule has 0 bridgehead atoms. The van der Waals surface area contributed by atoms with Crippen molar-refractivity contribution < 1.29 is 23.8 Å². The molecule has 0 N–H and O–H groups in total. The fraction of sp³-hybridized carbons (Fsp3) is 0.375. The van der Waals surface area contributed by atoms with Gasteiger partial charge in [0.15, 0.2) is 5.41 Å². The number of hydrogen-bond acceptors (Lipinski definition) is 5. The molecule has 1 aromatic carbocycles. The summed E-state index contributed by atoms with van der Waals surface area (Å²) < 4.78 is 16.3. The minimum Gasteiger partial charge on any atom is -0.468 e. The van der Waals surface area contributed by atoms with Gasteiger partial charge in [-0.15, -0.1) is 0 Å². The van der Waals surface area contributed by atoms with Gasteiger partial charge in [0.2, 0.25) is 0 Å². The smallest absolute Gasteiger partial charge is 0.327 e. The Labute approximate surface area is 137 Å². The fourth-order valence-electron chi connectivity index (χ4n) is 2.58. The van der Waals surface area contributed by atoms with Crippen molar-refractivity contribution in [2.75, 3.05) is 20.8 Å². The maximum absolute atomic E-state index is 12.3. The maximum Gasteiger partial charge on any atom is 0.327 e. The molecule has 0 spiro atoms. The lowest BCUT2D eigenvalue weighted by Gasteiger charge is -2.38. The first kappa shape index (κ1) is 16.7. The first-order valence-corrected chi connectivity index (χ1v) is 7.47. The molecule has 1 aliphatic heterocycles. The van der Waals surface area contributed by atoms with E-state index in [9.17, 15) is 9.59 Å². The summed E-state index contributed by atoms with van der Waals surface area (Å²) in [4.78, 5) is 24.6. The molecule has 1 heterocycles. The molecule has 1 atom stereocenters. The molecular weight excluding hydrogens is 352 g/mol. The lowest BCUT2D eigenvalue weighted by molar-refractivity contribution is -0.172. The first-order valence-electron chi connectivity index (χ1n) is 6.68. The lowest BCUT2D eigenvalue weighted by Crippen LogP contribution is -2.47. The van der Waals surface area contributed by atoms with Gasteiger partial charge in [-0.3, -0.25) is 9.59 Å². The van der Waals surface area contributed by atoms with Crippen molar-refractivity contribution in [3.8, 4) is 0 Å². The van der Waals surface area contributed by atoms with Crippen LogP contribution in [0.25, 0.3) is 0 Å². The Hall–Kier alpha value is -1.66. The van der Waals surface area contributed by atoms with Gasteiger partial charge in [0, 0.05) is 10.9 Å². The molecule has 1 aliphatic rings. The Morgan fingerprint density at radius 3 is 2.27 bits per heavy atom. The highest BCUT2D eigenvalue weighted by Gasteiger charge is 2.54. The second-order valence-corrected chi connectivity index (χ2v) is 5.96. The van der Waals surface area contributed by atoms with Gasteiger partial charge in [-0.05, 0) is 23.3 Å². The lowest BCUT2D eigenvalue weighted by atomic mass is 9.73. The summed E-state index contributed by atoms with van der Waals surface area (Å²) in [5.41, 5.74) is -0.313. The van der Waals surface area contributed by atoms with Crippen LogP contribution in [0.4, 0.5) is 0 Å². The van der Waals surface area contributed by atoms with Crippen LogP contribution < -0.4 is 0 Å². The number of halogens is 1. The van der Waals surface area contributed by atoms with Gasteiger partial charge >= 0.3 is 11.9 Å². The zero-order valence-electron chi connectivity index (χ0n) is 12.4. The first-order chi connectivity index (χ1) is 10.5. The summed E-state index contributed by atoms with van der Waals surface area (Å²) in [6.45, 7) is 3.90. The number of methoxy groups -OCH3 is 2. The van der Waals surface area contributed by atoms with Crippen LogP contribution in [0.5, 0.6) is 0 Å². The topological polar surface area (TPSA) is 61.8 Å².